The Balaban J connectivity index is 2.56. The summed E-state index contributed by atoms with van der Waals surface area (Å²) in [5, 5.41) is 7.03. The number of rotatable bonds is 0. The Morgan fingerprint density at radius 1 is 1.36 bits per heavy atom. The third kappa shape index (κ3) is 2.07. The van der Waals surface area contributed by atoms with Crippen molar-refractivity contribution >= 4 is 15.8 Å². The standard InChI is InChI=1S/C5H11N3O2S/c6-5(7)8-1-3-11(9,10)4-2-8/h1-4H2,(H3,6,7). The first kappa shape index (κ1) is 8.32. The molecule has 0 spiro atoms. The fourth-order valence-electron chi connectivity index (χ4n) is 0.953. The molecular formula is C5H11N3O2S. The largest absolute Gasteiger partial charge is 0.370 e. The minimum atomic E-state index is -2.84. The molecule has 1 aliphatic heterocycles. The highest BCUT2D eigenvalue weighted by atomic mass is 32.2. The molecule has 0 atom stereocenters. The van der Waals surface area contributed by atoms with Gasteiger partial charge in [-0.15, -0.1) is 0 Å². The van der Waals surface area contributed by atoms with Gasteiger partial charge < -0.3 is 10.6 Å². The average Bonchev–Trinajstić information content (AvgIpc) is 1.86. The molecule has 0 aromatic rings. The second kappa shape index (κ2) is 2.69. The Morgan fingerprint density at radius 2 is 1.82 bits per heavy atom. The first-order valence-corrected chi connectivity index (χ1v) is 5.13. The summed E-state index contributed by atoms with van der Waals surface area (Å²) in [7, 11) is -2.84. The molecule has 0 aliphatic carbocycles. The molecule has 1 heterocycles. The Morgan fingerprint density at radius 3 is 2.18 bits per heavy atom. The van der Waals surface area contributed by atoms with Crippen molar-refractivity contribution < 1.29 is 8.42 Å². The highest BCUT2D eigenvalue weighted by molar-refractivity contribution is 7.91. The van der Waals surface area contributed by atoms with Crippen LogP contribution in [0.2, 0.25) is 0 Å². The van der Waals surface area contributed by atoms with E-state index >= 15 is 0 Å². The van der Waals surface area contributed by atoms with E-state index in [1.807, 2.05) is 0 Å². The van der Waals surface area contributed by atoms with Gasteiger partial charge in [0.1, 0.15) is 0 Å². The van der Waals surface area contributed by atoms with Crippen LogP contribution in [0.15, 0.2) is 0 Å². The summed E-state index contributed by atoms with van der Waals surface area (Å²) in [6.45, 7) is 0.718. The van der Waals surface area contributed by atoms with Gasteiger partial charge in [-0.3, -0.25) is 5.41 Å². The Labute approximate surface area is 65.6 Å². The zero-order valence-corrected chi connectivity index (χ0v) is 6.89. The summed E-state index contributed by atoms with van der Waals surface area (Å²) in [6.07, 6.45) is 0. The maximum absolute atomic E-state index is 10.9. The van der Waals surface area contributed by atoms with Crippen LogP contribution in [0.3, 0.4) is 0 Å². The van der Waals surface area contributed by atoms with Crippen molar-refractivity contribution in [2.45, 2.75) is 0 Å². The third-order valence-corrected chi connectivity index (χ3v) is 3.29. The molecular weight excluding hydrogens is 166 g/mol. The van der Waals surface area contributed by atoms with Gasteiger partial charge in [-0.05, 0) is 0 Å². The zero-order valence-electron chi connectivity index (χ0n) is 6.08. The number of nitrogens with zero attached hydrogens (tertiary/aromatic N) is 1. The first-order chi connectivity index (χ1) is 5.01. The lowest BCUT2D eigenvalue weighted by Crippen LogP contribution is -2.46. The molecule has 11 heavy (non-hydrogen) atoms. The number of nitrogens with two attached hydrogens (primary N) is 1. The van der Waals surface area contributed by atoms with Crippen LogP contribution >= 0.6 is 0 Å². The van der Waals surface area contributed by atoms with Gasteiger partial charge in [0.05, 0.1) is 11.5 Å². The van der Waals surface area contributed by atoms with Crippen molar-refractivity contribution in [3.05, 3.63) is 0 Å². The fraction of sp³-hybridized carbons (Fsp3) is 0.800. The topological polar surface area (TPSA) is 87.2 Å². The van der Waals surface area contributed by atoms with Gasteiger partial charge >= 0.3 is 0 Å². The minimum absolute atomic E-state index is 0.0418. The van der Waals surface area contributed by atoms with Gasteiger partial charge in [0.15, 0.2) is 15.8 Å². The molecule has 0 saturated carbocycles. The molecule has 5 nitrogen and oxygen atoms in total. The van der Waals surface area contributed by atoms with Gasteiger partial charge in [0, 0.05) is 13.1 Å². The molecule has 64 valence electrons. The number of sulfone groups is 1. The first-order valence-electron chi connectivity index (χ1n) is 3.31. The van der Waals surface area contributed by atoms with E-state index in [1.54, 1.807) is 4.90 Å². The minimum Gasteiger partial charge on any atom is -0.370 e. The monoisotopic (exact) mass is 177 g/mol. The predicted molar refractivity (Wildman–Crippen MR) is 42.1 cm³/mol. The van der Waals surface area contributed by atoms with Gasteiger partial charge in [-0.1, -0.05) is 0 Å². The van der Waals surface area contributed by atoms with Crippen LogP contribution < -0.4 is 5.73 Å². The normalized spacial score (nSPS) is 23.1. The van der Waals surface area contributed by atoms with Gasteiger partial charge in [0.2, 0.25) is 0 Å². The molecule has 1 rings (SSSR count). The van der Waals surface area contributed by atoms with Gasteiger partial charge in [-0.25, -0.2) is 8.42 Å². The Kier molecular flexibility index (Phi) is 2.03. The summed E-state index contributed by atoms with van der Waals surface area (Å²) in [6, 6.07) is 0. The second-order valence-corrected chi connectivity index (χ2v) is 4.83. The molecule has 0 radical (unpaired) electrons. The SMILES string of the molecule is N=C(N)N1CCS(=O)(=O)CC1. The molecule has 6 heteroatoms. The lowest BCUT2D eigenvalue weighted by molar-refractivity contribution is 0.436. The van der Waals surface area contributed by atoms with Crippen molar-refractivity contribution in [2.24, 2.45) is 5.73 Å². The van der Waals surface area contributed by atoms with Gasteiger partial charge in [0.25, 0.3) is 0 Å². The Bertz CT molecular complexity index is 245. The fourth-order valence-corrected chi connectivity index (χ4v) is 2.15. The maximum Gasteiger partial charge on any atom is 0.188 e. The molecule has 1 aliphatic rings. The molecule has 0 aromatic carbocycles. The molecule has 1 fully saturated rings. The molecule has 3 N–H and O–H groups in total. The zero-order chi connectivity index (χ0) is 8.48. The quantitative estimate of drug-likeness (QED) is 0.352. The third-order valence-electron chi connectivity index (χ3n) is 1.69. The summed E-state index contributed by atoms with van der Waals surface area (Å²) in [5.74, 6) is 0.194. The van der Waals surface area contributed by atoms with E-state index in [4.69, 9.17) is 11.1 Å². The second-order valence-electron chi connectivity index (χ2n) is 2.52. The van der Waals surface area contributed by atoms with Crippen LogP contribution in [0.4, 0.5) is 0 Å². The van der Waals surface area contributed by atoms with E-state index in [0.717, 1.165) is 0 Å². The van der Waals surface area contributed by atoms with Crippen molar-refractivity contribution in [2.75, 3.05) is 24.6 Å². The highest BCUT2D eigenvalue weighted by Crippen LogP contribution is 2.01. The van der Waals surface area contributed by atoms with Crippen molar-refractivity contribution in [1.29, 1.82) is 5.41 Å². The molecule has 0 bridgehead atoms. The summed E-state index contributed by atoms with van der Waals surface area (Å²) >= 11 is 0. The summed E-state index contributed by atoms with van der Waals surface area (Å²) in [4.78, 5) is 1.56. The van der Waals surface area contributed by atoms with Crippen molar-refractivity contribution in [1.82, 2.24) is 4.90 Å². The summed E-state index contributed by atoms with van der Waals surface area (Å²) in [5.41, 5.74) is 5.17. The van der Waals surface area contributed by atoms with Gasteiger partial charge in [-0.2, -0.15) is 0 Å². The number of hydrogen-bond acceptors (Lipinski definition) is 3. The molecule has 0 aromatic heterocycles. The van der Waals surface area contributed by atoms with Crippen LogP contribution in [0.1, 0.15) is 0 Å². The lowest BCUT2D eigenvalue weighted by atomic mass is 10.5. The Hall–Kier alpha value is -0.780. The van der Waals surface area contributed by atoms with Crippen molar-refractivity contribution in [3.8, 4) is 0 Å². The molecule has 0 unspecified atom stereocenters. The van der Waals surface area contributed by atoms with E-state index in [0.29, 0.717) is 13.1 Å². The number of nitrogens with one attached hydrogen (secondary N) is 1. The number of hydrogen-bond donors (Lipinski definition) is 2. The highest BCUT2D eigenvalue weighted by Gasteiger charge is 2.21. The van der Waals surface area contributed by atoms with Crippen LogP contribution in [0.25, 0.3) is 0 Å². The van der Waals surface area contributed by atoms with E-state index in [2.05, 4.69) is 0 Å². The summed E-state index contributed by atoms with van der Waals surface area (Å²) < 4.78 is 21.8. The molecule has 1 saturated heterocycles. The van der Waals surface area contributed by atoms with Crippen LogP contribution in [0, 0.1) is 5.41 Å². The predicted octanol–water partition coefficient (Wildman–Crippen LogP) is -1.39. The van der Waals surface area contributed by atoms with E-state index in [9.17, 15) is 8.42 Å². The van der Waals surface area contributed by atoms with Crippen LogP contribution in [0.5, 0.6) is 0 Å². The van der Waals surface area contributed by atoms with Crippen LogP contribution in [-0.4, -0.2) is 43.9 Å². The maximum atomic E-state index is 10.9. The van der Waals surface area contributed by atoms with Crippen LogP contribution in [-0.2, 0) is 9.84 Å². The number of guanidine groups is 1. The van der Waals surface area contributed by atoms with E-state index < -0.39 is 9.84 Å². The smallest absolute Gasteiger partial charge is 0.188 e. The molecule has 0 amide bonds. The van der Waals surface area contributed by atoms with Crippen molar-refractivity contribution in [3.63, 3.8) is 0 Å². The lowest BCUT2D eigenvalue weighted by Gasteiger charge is -2.26. The average molecular weight is 177 g/mol. The van der Waals surface area contributed by atoms with E-state index in [1.165, 1.54) is 0 Å². The van der Waals surface area contributed by atoms with E-state index in [-0.39, 0.29) is 17.5 Å².